The topological polar surface area (TPSA) is 65.0 Å². The molecule has 0 saturated carbocycles. The molecule has 0 atom stereocenters. The zero-order valence-electron chi connectivity index (χ0n) is 51.1. The first-order valence-electron chi connectivity index (χ1n) is 28.1. The smallest absolute Gasteiger partial charge is 0.164 e. The highest BCUT2D eigenvalue weighted by Crippen LogP contribution is 2.45. The van der Waals surface area contributed by atoms with Crippen molar-refractivity contribution in [3.63, 3.8) is 0 Å². The number of nitrogens with zero attached hydrogens (tertiary/aromatic N) is 3. The second-order valence-electron chi connectivity index (χ2n) is 11.6. The second-order valence-corrected chi connectivity index (χ2v) is 12.6. The molecule has 0 spiro atoms. The first kappa shape index (κ1) is 13.9. The molecule has 246 valence electrons. The van der Waals surface area contributed by atoms with Crippen LogP contribution in [0.25, 0.3) is 120 Å². The molecule has 0 aliphatic rings. The van der Waals surface area contributed by atoms with Crippen LogP contribution in [0.4, 0.5) is 0 Å². The van der Waals surface area contributed by atoms with Crippen LogP contribution in [0, 0.1) is 0 Å². The highest BCUT2D eigenvalue weighted by Gasteiger charge is 2.24. The Kier molecular flexibility index (Phi) is 2.84. The van der Waals surface area contributed by atoms with Gasteiger partial charge in [-0.05, 0) is 47.0 Å². The van der Waals surface area contributed by atoms with Crippen LogP contribution in [0.3, 0.4) is 0 Å². The largest absolute Gasteiger partial charge is 0.455 e. The number of benzene rings is 8. The Bertz CT molecular complexity index is 4710. The van der Waals surface area contributed by atoms with E-state index in [9.17, 15) is 6.85 Å². The SMILES string of the molecule is [2H]c1c([2H])c([2H])c2c(oc3c4c([2H])c([2H])c([2H])c([2H])c4c([2H])c(-c4nc(-c5c([2H])c([2H])c([2H])c6sc7c([2H])c([2H])c([2H])c([2H])c7c56)nc(-c5c([2H])c6c([2H])c([2H])c([2H])c([2H])c6c6oc7c([2H])c([2H])c([2H])c([2H])c7c56)n4)c32)c1[2H]. The molecule has 8 aromatic carbocycles. The van der Waals surface area contributed by atoms with Gasteiger partial charge in [0.1, 0.15) is 22.3 Å². The van der Waals surface area contributed by atoms with E-state index in [4.69, 9.17) is 51.2 Å². The summed E-state index contributed by atoms with van der Waals surface area (Å²) in [6, 6.07) is -19.1. The summed E-state index contributed by atoms with van der Waals surface area (Å²) in [7, 11) is 0. The van der Waals surface area contributed by atoms with E-state index in [0.29, 0.717) is 11.3 Å². The summed E-state index contributed by atoms with van der Waals surface area (Å²) in [6.07, 6.45) is 0. The van der Waals surface area contributed by atoms with Gasteiger partial charge in [-0.15, -0.1) is 11.3 Å². The molecule has 4 aromatic heterocycles. The fourth-order valence-electron chi connectivity index (χ4n) is 6.57. The Morgan fingerprint density at radius 1 is 0.396 bits per heavy atom. The van der Waals surface area contributed by atoms with Gasteiger partial charge in [0.15, 0.2) is 17.5 Å². The van der Waals surface area contributed by atoms with Gasteiger partial charge < -0.3 is 8.83 Å². The lowest BCUT2D eigenvalue weighted by atomic mass is 9.98. The molecule has 4 heterocycles. The highest BCUT2D eigenvalue weighted by molar-refractivity contribution is 7.25. The Morgan fingerprint density at radius 3 is 1.43 bits per heavy atom. The van der Waals surface area contributed by atoms with Crippen molar-refractivity contribution in [2.45, 2.75) is 0 Å². The fourth-order valence-corrected chi connectivity index (χ4v) is 7.54. The molecule has 53 heavy (non-hydrogen) atoms. The minimum Gasteiger partial charge on any atom is -0.455 e. The van der Waals surface area contributed by atoms with Crippen molar-refractivity contribution < 1.29 is 43.1 Å². The molecule has 12 aromatic rings. The molecule has 0 bridgehead atoms. The van der Waals surface area contributed by atoms with Crippen LogP contribution in [0.2, 0.25) is 0 Å². The standard InChI is InChI=1S/C47H25N3O2S/c1-3-14-28-26(12-1)24-34(41-30-16-5-8-20-36(30)51-43(28)41)46-48-45(33-19-11-23-39-40(33)32-18-7-10-22-38(32)53-39)49-47(50-46)35-25-27-13-2-4-15-29(27)44-42(35)31-17-6-9-21-37(31)52-44/h1-25H/i1D,2D,3D,4D,5D,6D,7D,8D,9D,10D,11D,12D,13D,14D,15D,16D,17D,18D,19D,20D,21D,22D,23D,24D,25D. The van der Waals surface area contributed by atoms with Crippen LogP contribution in [0.15, 0.2) is 160 Å². The van der Waals surface area contributed by atoms with Crippen molar-refractivity contribution in [3.8, 4) is 34.2 Å². The van der Waals surface area contributed by atoms with Crippen molar-refractivity contribution in [2.75, 3.05) is 0 Å². The summed E-state index contributed by atoms with van der Waals surface area (Å²) in [6.45, 7) is 0. The fraction of sp³-hybridized carbons (Fsp3) is 0. The van der Waals surface area contributed by atoms with Gasteiger partial charge in [0.2, 0.25) is 0 Å². The van der Waals surface area contributed by atoms with E-state index < -0.39 is 251 Å². The molecule has 0 unspecified atom stereocenters. The zero-order valence-corrected chi connectivity index (χ0v) is 26.9. The van der Waals surface area contributed by atoms with Crippen molar-refractivity contribution >= 4 is 96.9 Å². The van der Waals surface area contributed by atoms with E-state index in [-0.39, 0.29) is 20.2 Å². The molecule has 0 fully saturated rings. The van der Waals surface area contributed by atoms with Gasteiger partial charge in [-0.1, -0.05) is 115 Å². The zero-order chi connectivity index (χ0) is 56.4. The number of para-hydroxylation sites is 2. The number of thiophene rings is 1. The van der Waals surface area contributed by atoms with Gasteiger partial charge in [-0.25, -0.2) is 15.0 Å². The van der Waals surface area contributed by atoms with E-state index in [1.807, 2.05) is 0 Å². The number of furan rings is 2. The van der Waals surface area contributed by atoms with Gasteiger partial charge in [0.25, 0.3) is 0 Å². The maximum atomic E-state index is 9.94. The van der Waals surface area contributed by atoms with E-state index in [1.165, 1.54) is 0 Å². The van der Waals surface area contributed by atoms with E-state index in [1.54, 1.807) is 0 Å². The molecule has 0 aliphatic carbocycles. The van der Waals surface area contributed by atoms with E-state index >= 15 is 0 Å². The van der Waals surface area contributed by atoms with Crippen molar-refractivity contribution in [2.24, 2.45) is 0 Å². The van der Waals surface area contributed by atoms with Crippen LogP contribution < -0.4 is 0 Å². The van der Waals surface area contributed by atoms with Gasteiger partial charge in [0, 0.05) is 69.2 Å². The van der Waals surface area contributed by atoms with Crippen molar-refractivity contribution in [3.05, 3.63) is 151 Å². The molecule has 0 amide bonds. The maximum absolute atomic E-state index is 9.94. The first-order chi connectivity index (χ1) is 36.7. The van der Waals surface area contributed by atoms with Gasteiger partial charge in [-0.2, -0.15) is 0 Å². The predicted octanol–water partition coefficient (Wildman–Crippen LogP) is 13.3. The van der Waals surface area contributed by atoms with Crippen LogP contribution in [-0.4, -0.2) is 15.0 Å². The Labute approximate surface area is 340 Å². The molecule has 5 nitrogen and oxygen atoms in total. The van der Waals surface area contributed by atoms with Crippen LogP contribution in [0.5, 0.6) is 0 Å². The second kappa shape index (κ2) is 10.8. The minimum absolute atomic E-state index is 0.124. The third-order valence-corrected chi connectivity index (χ3v) is 9.77. The normalized spacial score (nSPS) is 18.8. The number of hydrogen-bond donors (Lipinski definition) is 0. The lowest BCUT2D eigenvalue weighted by Gasteiger charge is -2.12. The summed E-state index contributed by atoms with van der Waals surface area (Å²) in [5.41, 5.74) is -3.89. The number of aromatic nitrogens is 3. The summed E-state index contributed by atoms with van der Waals surface area (Å²) < 4.78 is 236. The lowest BCUT2D eigenvalue weighted by Crippen LogP contribution is -2.01. The summed E-state index contributed by atoms with van der Waals surface area (Å²) in [5, 5.41) is -4.33. The summed E-state index contributed by atoms with van der Waals surface area (Å²) in [4.78, 5) is 14.2. The first-order valence-corrected chi connectivity index (χ1v) is 16.4. The third-order valence-electron chi connectivity index (χ3n) is 8.75. The Morgan fingerprint density at radius 2 is 0.849 bits per heavy atom. The summed E-state index contributed by atoms with van der Waals surface area (Å²) in [5.74, 6) is -2.29. The Balaban J connectivity index is 1.40. The van der Waals surface area contributed by atoms with E-state index in [2.05, 4.69) is 0 Å². The molecule has 0 N–H and O–H groups in total. The quantitative estimate of drug-likeness (QED) is 0.182. The Hall–Kier alpha value is -6.89. The predicted molar refractivity (Wildman–Crippen MR) is 219 cm³/mol. The van der Waals surface area contributed by atoms with Gasteiger partial charge in [0.05, 0.1) is 34.3 Å². The molecule has 0 aliphatic heterocycles. The molecular formula is C47H25N3O2S. The van der Waals surface area contributed by atoms with E-state index in [0.717, 1.165) is 0 Å². The molecule has 6 heteroatoms. The van der Waals surface area contributed by atoms with Gasteiger partial charge in [-0.3, -0.25) is 0 Å². The van der Waals surface area contributed by atoms with Crippen LogP contribution in [-0.2, 0) is 0 Å². The molecule has 0 saturated heterocycles. The van der Waals surface area contributed by atoms with Crippen LogP contribution in [0.1, 0.15) is 34.3 Å². The monoisotopic (exact) mass is 720 g/mol. The number of rotatable bonds is 3. The van der Waals surface area contributed by atoms with Gasteiger partial charge >= 0.3 is 0 Å². The summed E-state index contributed by atoms with van der Waals surface area (Å²) >= 11 is 0.679. The molecule has 0 radical (unpaired) electrons. The van der Waals surface area contributed by atoms with Crippen molar-refractivity contribution in [1.82, 2.24) is 15.0 Å². The van der Waals surface area contributed by atoms with Crippen LogP contribution >= 0.6 is 11.3 Å². The minimum atomic E-state index is -0.837. The average Bonchev–Trinajstić information content (AvgIpc) is 4.34. The third kappa shape index (κ3) is 4.15. The number of hydrogen-bond acceptors (Lipinski definition) is 6. The van der Waals surface area contributed by atoms with Crippen molar-refractivity contribution in [1.29, 1.82) is 0 Å². The average molecular weight is 721 g/mol. The maximum Gasteiger partial charge on any atom is 0.164 e. The molecular weight excluding hydrogens is 671 g/mol. The highest BCUT2D eigenvalue weighted by atomic mass is 32.1. The number of fused-ring (bicyclic) bond motifs is 13. The molecule has 12 rings (SSSR count). The lowest BCUT2D eigenvalue weighted by molar-refractivity contribution is 0.672.